The normalized spacial score (nSPS) is 33.2. The maximum absolute atomic E-state index is 5.28. The van der Waals surface area contributed by atoms with Gasteiger partial charge in [0.05, 0.1) is 21.1 Å². The minimum atomic E-state index is 0.510. The molecule has 4 aromatic heterocycles. The highest BCUT2D eigenvalue weighted by Gasteiger charge is 2.82. The van der Waals surface area contributed by atoms with Gasteiger partial charge in [-0.25, -0.2) is 9.97 Å². The van der Waals surface area contributed by atoms with Crippen molar-refractivity contribution in [3.63, 3.8) is 0 Å². The Morgan fingerprint density at radius 2 is 1.54 bits per heavy atom. The van der Waals surface area contributed by atoms with E-state index in [1.165, 1.54) is 30.9 Å². The smallest absolute Gasteiger partial charge is 0.109 e. The number of aromatic nitrogens is 2. The highest BCUT2D eigenvalue weighted by Crippen LogP contribution is 2.88. The Kier molecular flexibility index (Phi) is 2.49. The molecule has 0 aromatic carbocycles. The fourth-order valence-corrected chi connectivity index (χ4v) is 8.69. The molecule has 4 heterocycles. The molecule has 2 nitrogen and oxygen atoms in total. The maximum atomic E-state index is 5.28. The Balaban J connectivity index is 1.54. The van der Waals surface area contributed by atoms with Crippen LogP contribution in [0.2, 0.25) is 0 Å². The van der Waals surface area contributed by atoms with Gasteiger partial charge in [-0.3, -0.25) is 0 Å². The molecule has 5 heteroatoms. The number of hydrogen-bond acceptors (Lipinski definition) is 5. The van der Waals surface area contributed by atoms with Crippen LogP contribution in [0.1, 0.15) is 37.1 Å². The van der Waals surface area contributed by atoms with Crippen molar-refractivity contribution in [2.75, 3.05) is 0 Å². The van der Waals surface area contributed by atoms with Crippen LogP contribution in [-0.2, 0) is 0 Å². The van der Waals surface area contributed by atoms with Gasteiger partial charge < -0.3 is 0 Å². The van der Waals surface area contributed by atoms with E-state index in [2.05, 4.69) is 48.9 Å². The number of fused-ring (bicyclic) bond motifs is 5. The summed E-state index contributed by atoms with van der Waals surface area (Å²) in [4.78, 5) is 15.8. The van der Waals surface area contributed by atoms with Gasteiger partial charge in [0.2, 0.25) is 0 Å². The van der Waals surface area contributed by atoms with Crippen molar-refractivity contribution in [3.05, 3.63) is 46.4 Å². The van der Waals surface area contributed by atoms with Crippen molar-refractivity contribution >= 4 is 45.0 Å². The van der Waals surface area contributed by atoms with Crippen molar-refractivity contribution in [3.8, 4) is 19.5 Å². The average molecular weight is 393 g/mol. The van der Waals surface area contributed by atoms with E-state index in [0.717, 1.165) is 22.9 Å². The standard InChI is InChI=1S/C21H16N2S3/c1-9-12-13-14(21(9,13)2)16-15(12)22-17-18(23-16)20(11-6-4-8-25-11)26-19(17)10-5-3-7-24-10/h3-9,12-14H,1-2H3. The third kappa shape index (κ3) is 1.45. The minimum absolute atomic E-state index is 0.510. The van der Waals surface area contributed by atoms with E-state index >= 15 is 0 Å². The Morgan fingerprint density at radius 3 is 2.12 bits per heavy atom. The molecule has 3 aliphatic carbocycles. The van der Waals surface area contributed by atoms with Crippen LogP contribution < -0.4 is 0 Å². The van der Waals surface area contributed by atoms with Crippen LogP contribution in [0.15, 0.2) is 35.0 Å². The lowest BCUT2D eigenvalue weighted by Crippen LogP contribution is -2.35. The SMILES string of the molecule is CC1C2c3nc4c(-c5cccs5)sc(-c5cccs5)c4nc3C3C2C13C. The van der Waals surface area contributed by atoms with Gasteiger partial charge in [-0.2, -0.15) is 0 Å². The van der Waals surface area contributed by atoms with Crippen LogP contribution in [0.3, 0.4) is 0 Å². The summed E-state index contributed by atoms with van der Waals surface area (Å²) in [7, 11) is 0. The first-order chi connectivity index (χ1) is 12.7. The first-order valence-corrected chi connectivity index (χ1v) is 11.7. The zero-order valence-electron chi connectivity index (χ0n) is 14.4. The first-order valence-electron chi connectivity index (χ1n) is 9.11. The molecule has 2 saturated carbocycles. The van der Waals surface area contributed by atoms with Crippen LogP contribution in [0.25, 0.3) is 30.5 Å². The van der Waals surface area contributed by atoms with Gasteiger partial charge in [0.1, 0.15) is 11.0 Å². The molecular weight excluding hydrogens is 376 g/mol. The molecule has 3 aliphatic rings. The maximum Gasteiger partial charge on any atom is 0.109 e. The fourth-order valence-electron chi connectivity index (χ4n) is 5.80. The number of thiophene rings is 3. The molecule has 128 valence electrons. The highest BCUT2D eigenvalue weighted by molar-refractivity contribution is 7.27. The van der Waals surface area contributed by atoms with Gasteiger partial charge in [0.25, 0.3) is 0 Å². The number of hydrogen-bond donors (Lipinski definition) is 0. The van der Waals surface area contributed by atoms with E-state index in [1.54, 1.807) is 22.7 Å². The number of nitrogens with zero attached hydrogens (tertiary/aromatic N) is 2. The average Bonchev–Trinajstić information content (AvgIpc) is 3.29. The molecule has 5 atom stereocenters. The molecule has 4 aromatic rings. The summed E-state index contributed by atoms with van der Waals surface area (Å²) in [6, 6.07) is 8.69. The summed E-state index contributed by atoms with van der Waals surface area (Å²) in [5.41, 5.74) is 5.40. The van der Waals surface area contributed by atoms with Gasteiger partial charge in [-0.1, -0.05) is 26.0 Å². The number of rotatable bonds is 2. The largest absolute Gasteiger partial charge is 0.247 e. The summed E-state index contributed by atoms with van der Waals surface area (Å²) in [5, 5.41) is 4.31. The molecule has 0 saturated heterocycles. The van der Waals surface area contributed by atoms with Gasteiger partial charge in [-0.05, 0) is 40.1 Å². The van der Waals surface area contributed by atoms with Crippen LogP contribution >= 0.6 is 34.0 Å². The van der Waals surface area contributed by atoms with Gasteiger partial charge in [0.15, 0.2) is 0 Å². The van der Waals surface area contributed by atoms with E-state index in [-0.39, 0.29) is 0 Å². The van der Waals surface area contributed by atoms with Gasteiger partial charge in [0, 0.05) is 21.6 Å². The Morgan fingerprint density at radius 1 is 0.923 bits per heavy atom. The molecule has 0 aliphatic heterocycles. The lowest BCUT2D eigenvalue weighted by molar-refractivity contribution is 0.143. The van der Waals surface area contributed by atoms with Crippen molar-refractivity contribution in [2.24, 2.45) is 17.3 Å². The molecule has 0 N–H and O–H groups in total. The molecule has 0 amide bonds. The zero-order valence-corrected chi connectivity index (χ0v) is 16.8. The van der Waals surface area contributed by atoms with Gasteiger partial charge in [-0.15, -0.1) is 34.0 Å². The second-order valence-electron chi connectivity index (χ2n) is 8.09. The molecular formula is C21H16N2S3. The summed E-state index contributed by atoms with van der Waals surface area (Å²) in [6.45, 7) is 4.88. The van der Waals surface area contributed by atoms with Gasteiger partial charge >= 0.3 is 0 Å². The fraction of sp³-hybridized carbons (Fsp3) is 0.333. The predicted molar refractivity (Wildman–Crippen MR) is 110 cm³/mol. The van der Waals surface area contributed by atoms with Crippen LogP contribution in [0, 0.1) is 17.3 Å². The molecule has 0 bridgehead atoms. The molecule has 26 heavy (non-hydrogen) atoms. The third-order valence-corrected chi connectivity index (χ3v) is 10.5. The summed E-state index contributed by atoms with van der Waals surface area (Å²) >= 11 is 5.47. The van der Waals surface area contributed by atoms with Crippen LogP contribution in [0.5, 0.6) is 0 Å². The predicted octanol–water partition coefficient (Wildman–Crippen LogP) is 6.61. The van der Waals surface area contributed by atoms with Crippen LogP contribution in [-0.4, -0.2) is 9.97 Å². The molecule has 0 radical (unpaired) electrons. The Bertz CT molecular complexity index is 1110. The van der Waals surface area contributed by atoms with Crippen molar-refractivity contribution in [2.45, 2.75) is 25.7 Å². The zero-order chi connectivity index (χ0) is 17.2. The topological polar surface area (TPSA) is 25.8 Å². The summed E-state index contributed by atoms with van der Waals surface area (Å²) < 4.78 is 0. The lowest BCUT2D eigenvalue weighted by atomic mass is 9.63. The van der Waals surface area contributed by atoms with E-state index in [4.69, 9.17) is 9.97 Å². The summed E-state index contributed by atoms with van der Waals surface area (Å²) in [6.07, 6.45) is 0. The molecule has 5 unspecified atom stereocenters. The molecule has 2 fully saturated rings. The molecule has 0 spiro atoms. The Labute approximate surface area is 163 Å². The second kappa shape index (κ2) is 4.46. The second-order valence-corrected chi connectivity index (χ2v) is 11.0. The van der Waals surface area contributed by atoms with E-state index < -0.39 is 0 Å². The van der Waals surface area contributed by atoms with Crippen molar-refractivity contribution < 1.29 is 0 Å². The van der Waals surface area contributed by atoms with Crippen molar-refractivity contribution in [1.29, 1.82) is 0 Å². The summed E-state index contributed by atoms with van der Waals surface area (Å²) in [5.74, 6) is 2.89. The quantitative estimate of drug-likeness (QED) is 0.383. The minimum Gasteiger partial charge on any atom is -0.247 e. The lowest BCUT2D eigenvalue weighted by Gasteiger charge is -2.41. The van der Waals surface area contributed by atoms with E-state index in [9.17, 15) is 0 Å². The monoisotopic (exact) mass is 392 g/mol. The third-order valence-electron chi connectivity index (χ3n) is 7.23. The Hall–Kier alpha value is -1.56. The highest BCUT2D eigenvalue weighted by atomic mass is 32.1. The first kappa shape index (κ1) is 14.5. The van der Waals surface area contributed by atoms with E-state index in [0.29, 0.717) is 17.3 Å². The molecule has 7 rings (SSSR count). The van der Waals surface area contributed by atoms with E-state index in [1.807, 2.05) is 11.3 Å². The van der Waals surface area contributed by atoms with Crippen molar-refractivity contribution in [1.82, 2.24) is 9.97 Å². The van der Waals surface area contributed by atoms with Crippen LogP contribution in [0.4, 0.5) is 0 Å².